The standard InChI is InChI=1S/C15H14O5/c1-7-10-9(19-13(7)16)5-15(2)3-4-18-6-8-11(15)12(10)20-14(8)17/h3-4,6,9-12H,1,5H2,2H3. The molecule has 5 nitrogen and oxygen atoms in total. The molecule has 5 unspecified atom stereocenters. The SMILES string of the molecule is C=C1C(=O)OC2CC3(C)C=COC=C4C(=O)OC(C12)C43. The van der Waals surface area contributed by atoms with Gasteiger partial charge in [0.05, 0.1) is 17.8 Å². The fourth-order valence-corrected chi connectivity index (χ4v) is 3.96. The van der Waals surface area contributed by atoms with E-state index in [9.17, 15) is 9.59 Å². The average Bonchev–Trinajstić information content (AvgIpc) is 2.76. The number of fused-ring (bicyclic) bond motifs is 2. The summed E-state index contributed by atoms with van der Waals surface area (Å²) in [5.74, 6) is -1.13. The van der Waals surface area contributed by atoms with E-state index in [1.165, 1.54) is 6.26 Å². The molecule has 2 saturated heterocycles. The number of hydrogen-bond acceptors (Lipinski definition) is 5. The lowest BCUT2D eigenvalue weighted by atomic mass is 9.60. The number of rotatable bonds is 0. The Morgan fingerprint density at radius 1 is 1.30 bits per heavy atom. The van der Waals surface area contributed by atoms with Gasteiger partial charge in [-0.1, -0.05) is 13.5 Å². The van der Waals surface area contributed by atoms with Crippen molar-refractivity contribution in [1.82, 2.24) is 0 Å². The van der Waals surface area contributed by atoms with E-state index in [0.29, 0.717) is 17.6 Å². The monoisotopic (exact) mass is 274 g/mol. The number of hydrogen-bond donors (Lipinski definition) is 0. The molecular weight excluding hydrogens is 260 g/mol. The van der Waals surface area contributed by atoms with Gasteiger partial charge in [-0.05, 0) is 12.5 Å². The lowest BCUT2D eigenvalue weighted by molar-refractivity contribution is -0.148. The predicted molar refractivity (Wildman–Crippen MR) is 66.9 cm³/mol. The molecular formula is C15H14O5. The summed E-state index contributed by atoms with van der Waals surface area (Å²) in [7, 11) is 0. The lowest BCUT2D eigenvalue weighted by Gasteiger charge is -2.43. The van der Waals surface area contributed by atoms with Gasteiger partial charge in [-0.2, -0.15) is 0 Å². The molecule has 0 aromatic rings. The van der Waals surface area contributed by atoms with Gasteiger partial charge in [0.15, 0.2) is 0 Å². The van der Waals surface area contributed by atoms with Crippen molar-refractivity contribution in [2.45, 2.75) is 25.6 Å². The van der Waals surface area contributed by atoms with Crippen LogP contribution >= 0.6 is 0 Å². The highest BCUT2D eigenvalue weighted by Crippen LogP contribution is 2.57. The van der Waals surface area contributed by atoms with Gasteiger partial charge in [0.2, 0.25) is 0 Å². The lowest BCUT2D eigenvalue weighted by Crippen LogP contribution is -2.48. The molecule has 0 bridgehead atoms. The molecule has 0 amide bonds. The highest BCUT2D eigenvalue weighted by molar-refractivity contribution is 5.94. The van der Waals surface area contributed by atoms with Crippen LogP contribution in [0.25, 0.3) is 0 Å². The van der Waals surface area contributed by atoms with Gasteiger partial charge < -0.3 is 14.2 Å². The number of carbonyl (C=O) groups is 2. The fraction of sp³-hybridized carbons (Fsp3) is 0.467. The summed E-state index contributed by atoms with van der Waals surface area (Å²) in [6.45, 7) is 5.85. The van der Waals surface area contributed by atoms with Crippen LogP contribution in [-0.2, 0) is 23.8 Å². The van der Waals surface area contributed by atoms with Crippen molar-refractivity contribution in [1.29, 1.82) is 0 Å². The van der Waals surface area contributed by atoms with Crippen LogP contribution in [0, 0.1) is 17.3 Å². The van der Waals surface area contributed by atoms with E-state index >= 15 is 0 Å². The van der Waals surface area contributed by atoms with E-state index < -0.39 is 6.10 Å². The van der Waals surface area contributed by atoms with Crippen molar-refractivity contribution >= 4 is 11.9 Å². The van der Waals surface area contributed by atoms with Crippen LogP contribution in [0.15, 0.2) is 36.3 Å². The molecule has 4 rings (SSSR count). The highest BCUT2D eigenvalue weighted by Gasteiger charge is 2.62. The van der Waals surface area contributed by atoms with Crippen molar-refractivity contribution in [3.63, 3.8) is 0 Å². The first-order valence-corrected chi connectivity index (χ1v) is 6.65. The van der Waals surface area contributed by atoms with Crippen molar-refractivity contribution in [2.24, 2.45) is 17.3 Å². The van der Waals surface area contributed by atoms with Crippen LogP contribution < -0.4 is 0 Å². The summed E-state index contributed by atoms with van der Waals surface area (Å²) in [6, 6.07) is 0. The van der Waals surface area contributed by atoms with Crippen molar-refractivity contribution < 1.29 is 23.8 Å². The van der Waals surface area contributed by atoms with E-state index in [1.54, 1.807) is 6.26 Å². The van der Waals surface area contributed by atoms with Crippen molar-refractivity contribution in [3.8, 4) is 0 Å². The molecule has 0 aromatic carbocycles. The first-order valence-electron chi connectivity index (χ1n) is 6.65. The molecule has 5 atom stereocenters. The highest BCUT2D eigenvalue weighted by atomic mass is 16.6. The van der Waals surface area contributed by atoms with Gasteiger partial charge in [-0.15, -0.1) is 0 Å². The summed E-state index contributed by atoms with van der Waals surface area (Å²) in [5.41, 5.74) is 0.615. The maximum Gasteiger partial charge on any atom is 0.337 e. The quantitative estimate of drug-likeness (QED) is 0.494. The number of esters is 2. The Morgan fingerprint density at radius 2 is 2.10 bits per heavy atom. The van der Waals surface area contributed by atoms with E-state index in [1.807, 2.05) is 13.0 Å². The van der Waals surface area contributed by atoms with Gasteiger partial charge in [-0.25, -0.2) is 9.59 Å². The molecule has 0 radical (unpaired) electrons. The topological polar surface area (TPSA) is 61.8 Å². The van der Waals surface area contributed by atoms with Gasteiger partial charge in [0, 0.05) is 16.9 Å². The molecule has 1 aliphatic carbocycles. The van der Waals surface area contributed by atoms with Crippen molar-refractivity contribution in [2.75, 3.05) is 0 Å². The average molecular weight is 274 g/mol. The van der Waals surface area contributed by atoms with Crippen molar-refractivity contribution in [3.05, 3.63) is 36.3 Å². The predicted octanol–water partition coefficient (Wildman–Crippen LogP) is 1.46. The molecule has 4 aliphatic rings. The van der Waals surface area contributed by atoms with Gasteiger partial charge in [0.1, 0.15) is 18.5 Å². The molecule has 1 saturated carbocycles. The third-order valence-corrected chi connectivity index (χ3v) is 4.89. The third kappa shape index (κ3) is 1.27. The molecule has 0 N–H and O–H groups in total. The van der Waals surface area contributed by atoms with E-state index in [2.05, 4.69) is 6.58 Å². The number of ether oxygens (including phenoxy) is 3. The molecule has 3 aliphatic heterocycles. The Hall–Kier alpha value is -2.04. The first-order chi connectivity index (χ1) is 9.51. The minimum Gasteiger partial charge on any atom is -0.472 e. The minimum atomic E-state index is -0.400. The van der Waals surface area contributed by atoms with E-state index in [0.717, 1.165) is 0 Å². The van der Waals surface area contributed by atoms with Crippen LogP contribution in [0.2, 0.25) is 0 Å². The zero-order chi connectivity index (χ0) is 14.1. The Balaban J connectivity index is 1.86. The van der Waals surface area contributed by atoms with E-state index in [-0.39, 0.29) is 35.3 Å². The Bertz CT molecular complexity index is 601. The first kappa shape index (κ1) is 11.8. The second-order valence-electron chi connectivity index (χ2n) is 6.06. The largest absolute Gasteiger partial charge is 0.472 e. The molecule has 3 heterocycles. The number of allylic oxidation sites excluding steroid dienone is 1. The Morgan fingerprint density at radius 3 is 2.90 bits per heavy atom. The van der Waals surface area contributed by atoms with Crippen LogP contribution in [-0.4, -0.2) is 24.1 Å². The van der Waals surface area contributed by atoms with Gasteiger partial charge in [-0.3, -0.25) is 0 Å². The maximum absolute atomic E-state index is 12.1. The summed E-state index contributed by atoms with van der Waals surface area (Å²) >= 11 is 0. The molecule has 5 heteroatoms. The molecule has 0 aromatic heterocycles. The summed E-state index contributed by atoms with van der Waals surface area (Å²) in [6.07, 6.45) is 4.93. The van der Waals surface area contributed by atoms with Crippen LogP contribution in [0.1, 0.15) is 13.3 Å². The van der Waals surface area contributed by atoms with Crippen LogP contribution in [0.5, 0.6) is 0 Å². The second-order valence-corrected chi connectivity index (χ2v) is 6.06. The Labute approximate surface area is 115 Å². The zero-order valence-electron chi connectivity index (χ0n) is 11.0. The summed E-state index contributed by atoms with van der Waals surface area (Å²) < 4.78 is 16.2. The molecule has 0 spiro atoms. The van der Waals surface area contributed by atoms with Crippen LogP contribution in [0.3, 0.4) is 0 Å². The van der Waals surface area contributed by atoms with Gasteiger partial charge >= 0.3 is 11.9 Å². The fourth-order valence-electron chi connectivity index (χ4n) is 3.96. The summed E-state index contributed by atoms with van der Waals surface area (Å²) in [4.78, 5) is 23.8. The van der Waals surface area contributed by atoms with Crippen LogP contribution in [0.4, 0.5) is 0 Å². The zero-order valence-corrected chi connectivity index (χ0v) is 11.0. The number of carbonyl (C=O) groups excluding carboxylic acids is 2. The van der Waals surface area contributed by atoms with E-state index in [4.69, 9.17) is 14.2 Å². The maximum atomic E-state index is 12.1. The minimum absolute atomic E-state index is 0.124. The molecule has 104 valence electrons. The van der Waals surface area contributed by atoms with Gasteiger partial charge in [0.25, 0.3) is 0 Å². The molecule has 20 heavy (non-hydrogen) atoms. The third-order valence-electron chi connectivity index (χ3n) is 4.89. The smallest absolute Gasteiger partial charge is 0.337 e. The second kappa shape index (κ2) is 3.53. The molecule has 3 fully saturated rings. The Kier molecular flexibility index (Phi) is 2.08. The summed E-state index contributed by atoms with van der Waals surface area (Å²) in [5, 5.41) is 0. The normalized spacial score (nSPS) is 44.9.